The number of nitrogens with one attached hydrogen (secondary N) is 2. The molecule has 0 bridgehead atoms. The molecule has 0 unspecified atom stereocenters. The maximum atomic E-state index is 12.3. The standard InChI is InChI=1S/C17H22ClN5O2/c1-11-20-14(17(24)19-7-8-23(2)3)10-16(21-11)22-13-9-12(18)5-6-15(13)25-4/h5-6,9-10H,7-8H2,1-4H3,(H,19,24)(H,20,21,22). The van der Waals surface area contributed by atoms with Crippen LogP contribution in [0.25, 0.3) is 0 Å². The van der Waals surface area contributed by atoms with Gasteiger partial charge in [0.2, 0.25) is 0 Å². The number of aryl methyl sites for hydroxylation is 1. The highest BCUT2D eigenvalue weighted by Gasteiger charge is 2.12. The maximum absolute atomic E-state index is 12.3. The van der Waals surface area contributed by atoms with Crippen LogP contribution in [0.1, 0.15) is 16.3 Å². The van der Waals surface area contributed by atoms with Gasteiger partial charge in [0.15, 0.2) is 0 Å². The first-order valence-electron chi connectivity index (χ1n) is 7.78. The molecule has 2 rings (SSSR count). The van der Waals surface area contributed by atoms with Crippen molar-refractivity contribution in [3.8, 4) is 5.75 Å². The number of carbonyl (C=O) groups is 1. The lowest BCUT2D eigenvalue weighted by atomic mass is 10.2. The zero-order valence-corrected chi connectivity index (χ0v) is 15.5. The number of amides is 1. The van der Waals surface area contributed by atoms with Gasteiger partial charge in [0.1, 0.15) is 23.1 Å². The highest BCUT2D eigenvalue weighted by molar-refractivity contribution is 6.31. The maximum Gasteiger partial charge on any atom is 0.270 e. The van der Waals surface area contributed by atoms with Gasteiger partial charge in [-0.2, -0.15) is 0 Å². The van der Waals surface area contributed by atoms with Gasteiger partial charge in [0.25, 0.3) is 5.91 Å². The van der Waals surface area contributed by atoms with Crippen molar-refractivity contribution >= 4 is 29.0 Å². The van der Waals surface area contributed by atoms with Gasteiger partial charge < -0.3 is 20.3 Å². The Labute approximate surface area is 152 Å². The van der Waals surface area contributed by atoms with Crippen LogP contribution < -0.4 is 15.4 Å². The molecule has 134 valence electrons. The predicted molar refractivity (Wildman–Crippen MR) is 98.9 cm³/mol. The molecule has 0 radical (unpaired) electrons. The normalized spacial score (nSPS) is 10.6. The topological polar surface area (TPSA) is 79.4 Å². The fourth-order valence-corrected chi connectivity index (χ4v) is 2.32. The molecule has 0 saturated heterocycles. The van der Waals surface area contributed by atoms with E-state index in [9.17, 15) is 4.79 Å². The van der Waals surface area contributed by atoms with E-state index in [0.29, 0.717) is 40.3 Å². The molecule has 1 aromatic carbocycles. The molecule has 7 nitrogen and oxygen atoms in total. The largest absolute Gasteiger partial charge is 0.495 e. The van der Waals surface area contributed by atoms with E-state index in [0.717, 1.165) is 6.54 Å². The van der Waals surface area contributed by atoms with Gasteiger partial charge in [0, 0.05) is 24.2 Å². The third kappa shape index (κ3) is 5.58. The lowest BCUT2D eigenvalue weighted by Crippen LogP contribution is -2.32. The number of methoxy groups -OCH3 is 1. The average Bonchev–Trinajstić information content (AvgIpc) is 2.54. The zero-order valence-electron chi connectivity index (χ0n) is 14.8. The number of aromatic nitrogens is 2. The second-order valence-corrected chi connectivity index (χ2v) is 6.15. The third-order valence-electron chi connectivity index (χ3n) is 3.34. The van der Waals surface area contributed by atoms with Gasteiger partial charge in [-0.05, 0) is 39.2 Å². The summed E-state index contributed by atoms with van der Waals surface area (Å²) >= 11 is 6.04. The number of carbonyl (C=O) groups excluding carboxylic acids is 1. The molecular weight excluding hydrogens is 342 g/mol. The molecule has 0 aliphatic rings. The first kappa shape index (κ1) is 19.0. The van der Waals surface area contributed by atoms with Crippen molar-refractivity contribution in [2.75, 3.05) is 39.6 Å². The van der Waals surface area contributed by atoms with Crippen LogP contribution in [-0.4, -0.2) is 55.1 Å². The molecule has 1 aromatic heterocycles. The molecule has 0 saturated carbocycles. The minimum atomic E-state index is -0.242. The van der Waals surface area contributed by atoms with Crippen molar-refractivity contribution in [3.63, 3.8) is 0 Å². The summed E-state index contributed by atoms with van der Waals surface area (Å²) in [7, 11) is 5.46. The van der Waals surface area contributed by atoms with Crippen LogP contribution >= 0.6 is 11.6 Å². The van der Waals surface area contributed by atoms with E-state index in [1.165, 1.54) is 0 Å². The minimum Gasteiger partial charge on any atom is -0.495 e. The second-order valence-electron chi connectivity index (χ2n) is 5.71. The fraction of sp³-hybridized carbons (Fsp3) is 0.353. The van der Waals surface area contributed by atoms with Gasteiger partial charge in [-0.3, -0.25) is 4.79 Å². The first-order valence-corrected chi connectivity index (χ1v) is 8.16. The second kappa shape index (κ2) is 8.64. The number of likely N-dealkylation sites (N-methyl/N-ethyl adjacent to an activating group) is 1. The molecule has 1 amide bonds. The molecular formula is C17H22ClN5O2. The van der Waals surface area contributed by atoms with E-state index in [2.05, 4.69) is 20.6 Å². The number of nitrogens with zero attached hydrogens (tertiary/aromatic N) is 3. The van der Waals surface area contributed by atoms with Crippen LogP contribution in [0.2, 0.25) is 5.02 Å². The summed E-state index contributed by atoms with van der Waals surface area (Å²) in [6.07, 6.45) is 0. The number of benzene rings is 1. The molecule has 1 heterocycles. The third-order valence-corrected chi connectivity index (χ3v) is 3.57. The predicted octanol–water partition coefficient (Wildman–Crippen LogP) is 2.48. The van der Waals surface area contributed by atoms with E-state index >= 15 is 0 Å². The fourth-order valence-electron chi connectivity index (χ4n) is 2.15. The van der Waals surface area contributed by atoms with Gasteiger partial charge in [-0.1, -0.05) is 11.6 Å². The Bertz CT molecular complexity index is 752. The number of hydrogen-bond acceptors (Lipinski definition) is 6. The highest BCUT2D eigenvalue weighted by atomic mass is 35.5. The number of rotatable bonds is 7. The van der Waals surface area contributed by atoms with Crippen LogP contribution in [0.5, 0.6) is 5.75 Å². The van der Waals surface area contributed by atoms with Crippen molar-refractivity contribution in [3.05, 3.63) is 40.8 Å². The van der Waals surface area contributed by atoms with E-state index in [1.54, 1.807) is 38.3 Å². The van der Waals surface area contributed by atoms with Crippen molar-refractivity contribution in [2.45, 2.75) is 6.92 Å². The Balaban J connectivity index is 2.19. The molecule has 8 heteroatoms. The van der Waals surface area contributed by atoms with Crippen molar-refractivity contribution in [1.82, 2.24) is 20.2 Å². The molecule has 2 N–H and O–H groups in total. The smallest absolute Gasteiger partial charge is 0.270 e. The summed E-state index contributed by atoms with van der Waals surface area (Å²) in [6, 6.07) is 6.82. The summed E-state index contributed by atoms with van der Waals surface area (Å²) in [4.78, 5) is 22.8. The van der Waals surface area contributed by atoms with E-state index in [1.807, 2.05) is 19.0 Å². The summed E-state index contributed by atoms with van der Waals surface area (Å²) < 4.78 is 5.31. The Kier molecular flexibility index (Phi) is 6.55. The minimum absolute atomic E-state index is 0.242. The SMILES string of the molecule is COc1ccc(Cl)cc1Nc1cc(C(=O)NCCN(C)C)nc(C)n1. The van der Waals surface area contributed by atoms with E-state index in [4.69, 9.17) is 16.3 Å². The molecule has 0 aliphatic carbocycles. The molecule has 25 heavy (non-hydrogen) atoms. The summed E-state index contributed by atoms with van der Waals surface area (Å²) in [5.41, 5.74) is 0.960. The van der Waals surface area contributed by atoms with Crippen molar-refractivity contribution < 1.29 is 9.53 Å². The van der Waals surface area contributed by atoms with Crippen molar-refractivity contribution in [2.24, 2.45) is 0 Å². The van der Waals surface area contributed by atoms with Crippen molar-refractivity contribution in [1.29, 1.82) is 0 Å². The zero-order chi connectivity index (χ0) is 18.4. The average molecular weight is 364 g/mol. The van der Waals surface area contributed by atoms with Crippen LogP contribution in [0, 0.1) is 6.92 Å². The van der Waals surface area contributed by atoms with Crippen LogP contribution in [0.3, 0.4) is 0 Å². The van der Waals surface area contributed by atoms with Gasteiger partial charge >= 0.3 is 0 Å². The molecule has 0 atom stereocenters. The van der Waals surface area contributed by atoms with Crippen LogP contribution in [0.15, 0.2) is 24.3 Å². The first-order chi connectivity index (χ1) is 11.9. The molecule has 0 fully saturated rings. The monoisotopic (exact) mass is 363 g/mol. The Hall–Kier alpha value is -2.38. The Morgan fingerprint density at radius 3 is 2.72 bits per heavy atom. The summed E-state index contributed by atoms with van der Waals surface area (Å²) in [5.74, 6) is 1.36. The van der Waals surface area contributed by atoms with Gasteiger partial charge in [-0.15, -0.1) is 0 Å². The number of hydrogen-bond donors (Lipinski definition) is 2. The summed E-state index contributed by atoms with van der Waals surface area (Å²) in [6.45, 7) is 3.03. The van der Waals surface area contributed by atoms with E-state index in [-0.39, 0.29) is 5.91 Å². The number of ether oxygens (including phenoxy) is 1. The van der Waals surface area contributed by atoms with Gasteiger partial charge in [-0.25, -0.2) is 9.97 Å². The lowest BCUT2D eigenvalue weighted by Gasteiger charge is -2.13. The lowest BCUT2D eigenvalue weighted by molar-refractivity contribution is 0.0945. The molecule has 0 aliphatic heterocycles. The molecule has 2 aromatic rings. The number of anilines is 2. The number of halogens is 1. The Morgan fingerprint density at radius 1 is 1.28 bits per heavy atom. The summed E-state index contributed by atoms with van der Waals surface area (Å²) in [5, 5.41) is 6.53. The molecule has 0 spiro atoms. The highest BCUT2D eigenvalue weighted by Crippen LogP contribution is 2.30. The van der Waals surface area contributed by atoms with Gasteiger partial charge in [0.05, 0.1) is 12.8 Å². The quantitative estimate of drug-likeness (QED) is 0.786. The van der Waals surface area contributed by atoms with E-state index < -0.39 is 0 Å². The Morgan fingerprint density at radius 2 is 2.04 bits per heavy atom. The van der Waals surface area contributed by atoms with Crippen LogP contribution in [-0.2, 0) is 0 Å². The van der Waals surface area contributed by atoms with Crippen LogP contribution in [0.4, 0.5) is 11.5 Å².